The molecule has 1 atom stereocenters. The van der Waals surface area contributed by atoms with Crippen molar-refractivity contribution in [3.63, 3.8) is 0 Å². The van der Waals surface area contributed by atoms with E-state index in [1.54, 1.807) is 0 Å². The van der Waals surface area contributed by atoms with Crippen molar-refractivity contribution in [1.29, 1.82) is 0 Å². The van der Waals surface area contributed by atoms with E-state index in [0.717, 1.165) is 19.3 Å². The Morgan fingerprint density at radius 2 is 2.00 bits per heavy atom. The van der Waals surface area contributed by atoms with Gasteiger partial charge in [-0.2, -0.15) is 13.2 Å². The number of halogens is 3. The molecule has 4 heteroatoms. The molecule has 0 aliphatic heterocycles. The minimum Gasteiger partial charge on any atom is -0.299 e. The molecule has 0 bridgehead atoms. The SMILES string of the molecule is CC1(C)CCCC1C(=O)CCC(F)(F)F. The van der Waals surface area contributed by atoms with Gasteiger partial charge in [0.1, 0.15) is 5.78 Å². The zero-order chi connectivity index (χ0) is 11.7. The molecule has 1 aliphatic rings. The summed E-state index contributed by atoms with van der Waals surface area (Å²) < 4.78 is 35.8. The van der Waals surface area contributed by atoms with Gasteiger partial charge in [-0.1, -0.05) is 20.3 Å². The smallest absolute Gasteiger partial charge is 0.299 e. The number of carbonyl (C=O) groups is 1. The molecule has 0 spiro atoms. The lowest BCUT2D eigenvalue weighted by Crippen LogP contribution is -2.26. The molecule has 0 amide bonds. The first-order valence-electron chi connectivity index (χ1n) is 5.32. The number of hydrogen-bond donors (Lipinski definition) is 0. The molecular weight excluding hydrogens is 205 g/mol. The molecule has 88 valence electrons. The van der Waals surface area contributed by atoms with E-state index < -0.39 is 12.6 Å². The summed E-state index contributed by atoms with van der Waals surface area (Å²) in [5, 5.41) is 0. The number of alkyl halides is 3. The van der Waals surface area contributed by atoms with E-state index >= 15 is 0 Å². The lowest BCUT2D eigenvalue weighted by Gasteiger charge is -2.25. The summed E-state index contributed by atoms with van der Waals surface area (Å²) in [4.78, 5) is 11.6. The normalized spacial score (nSPS) is 25.5. The predicted molar refractivity (Wildman–Crippen MR) is 51.4 cm³/mol. The summed E-state index contributed by atoms with van der Waals surface area (Å²) in [6, 6.07) is 0. The molecule has 15 heavy (non-hydrogen) atoms. The first-order chi connectivity index (χ1) is 6.72. The molecule has 0 heterocycles. The molecule has 0 radical (unpaired) electrons. The maximum atomic E-state index is 11.9. The fourth-order valence-electron chi connectivity index (χ4n) is 2.36. The zero-order valence-corrected chi connectivity index (χ0v) is 9.16. The summed E-state index contributed by atoms with van der Waals surface area (Å²) in [6.07, 6.45) is -2.89. The van der Waals surface area contributed by atoms with E-state index in [9.17, 15) is 18.0 Å². The third-order valence-electron chi connectivity index (χ3n) is 3.30. The van der Waals surface area contributed by atoms with Crippen LogP contribution in [0.4, 0.5) is 13.2 Å². The Balaban J connectivity index is 2.48. The summed E-state index contributed by atoms with van der Waals surface area (Å²) in [5.41, 5.74) is -0.108. The van der Waals surface area contributed by atoms with Crippen LogP contribution in [0.25, 0.3) is 0 Å². The second-order valence-corrected chi connectivity index (χ2v) is 5.01. The summed E-state index contributed by atoms with van der Waals surface area (Å²) in [5.74, 6) is -0.380. The lowest BCUT2D eigenvalue weighted by atomic mass is 9.78. The predicted octanol–water partition coefficient (Wildman–Crippen LogP) is 3.72. The van der Waals surface area contributed by atoms with Crippen molar-refractivity contribution < 1.29 is 18.0 Å². The van der Waals surface area contributed by atoms with E-state index in [-0.39, 0.29) is 23.5 Å². The molecule has 0 N–H and O–H groups in total. The molecule has 1 saturated carbocycles. The molecule has 1 fully saturated rings. The van der Waals surface area contributed by atoms with Crippen molar-refractivity contribution in [2.45, 2.75) is 52.1 Å². The van der Waals surface area contributed by atoms with Gasteiger partial charge in [0.15, 0.2) is 0 Å². The van der Waals surface area contributed by atoms with Crippen LogP contribution in [-0.2, 0) is 4.79 Å². The highest BCUT2D eigenvalue weighted by atomic mass is 19.4. The van der Waals surface area contributed by atoms with Crippen LogP contribution in [-0.4, -0.2) is 12.0 Å². The Hall–Kier alpha value is -0.540. The van der Waals surface area contributed by atoms with Gasteiger partial charge >= 0.3 is 6.18 Å². The molecule has 0 aromatic carbocycles. The van der Waals surface area contributed by atoms with E-state index in [1.165, 1.54) is 0 Å². The van der Waals surface area contributed by atoms with Crippen LogP contribution < -0.4 is 0 Å². The molecular formula is C11H17F3O. The van der Waals surface area contributed by atoms with Crippen molar-refractivity contribution in [2.75, 3.05) is 0 Å². The number of ketones is 1. The lowest BCUT2D eigenvalue weighted by molar-refractivity contribution is -0.146. The molecule has 0 saturated heterocycles. The first-order valence-corrected chi connectivity index (χ1v) is 5.32. The Bertz CT molecular complexity index is 243. The van der Waals surface area contributed by atoms with Crippen LogP contribution in [0.3, 0.4) is 0 Å². The highest BCUT2D eigenvalue weighted by Gasteiger charge is 2.40. The van der Waals surface area contributed by atoms with Crippen molar-refractivity contribution in [3.8, 4) is 0 Å². The number of hydrogen-bond acceptors (Lipinski definition) is 1. The van der Waals surface area contributed by atoms with E-state index in [4.69, 9.17) is 0 Å². The van der Waals surface area contributed by atoms with E-state index in [2.05, 4.69) is 0 Å². The van der Waals surface area contributed by atoms with E-state index in [1.807, 2.05) is 13.8 Å². The van der Waals surface area contributed by atoms with Gasteiger partial charge in [0.2, 0.25) is 0 Å². The largest absolute Gasteiger partial charge is 0.389 e. The number of rotatable bonds is 3. The standard InChI is InChI=1S/C11H17F3O/c1-10(2)6-3-4-8(10)9(15)5-7-11(12,13)14/h8H,3-7H2,1-2H3. The average molecular weight is 222 g/mol. The van der Waals surface area contributed by atoms with Crippen molar-refractivity contribution in [1.82, 2.24) is 0 Å². The highest BCUT2D eigenvalue weighted by molar-refractivity contribution is 5.82. The van der Waals surface area contributed by atoms with Gasteiger partial charge in [-0.3, -0.25) is 4.79 Å². The van der Waals surface area contributed by atoms with Gasteiger partial charge in [-0.25, -0.2) is 0 Å². The fraction of sp³-hybridized carbons (Fsp3) is 0.909. The Morgan fingerprint density at radius 1 is 1.40 bits per heavy atom. The molecule has 0 aromatic heterocycles. The Labute approximate surface area is 88.0 Å². The van der Waals surface area contributed by atoms with Crippen LogP contribution in [0.1, 0.15) is 46.0 Å². The van der Waals surface area contributed by atoms with Crippen molar-refractivity contribution in [2.24, 2.45) is 11.3 Å². The van der Waals surface area contributed by atoms with Crippen LogP contribution in [0.2, 0.25) is 0 Å². The van der Waals surface area contributed by atoms with Gasteiger partial charge in [0.25, 0.3) is 0 Å². The minimum absolute atomic E-state index is 0.108. The van der Waals surface area contributed by atoms with Gasteiger partial charge in [-0.05, 0) is 18.3 Å². The summed E-state index contributed by atoms with van der Waals surface area (Å²) in [6.45, 7) is 3.94. The first kappa shape index (κ1) is 12.5. The van der Waals surface area contributed by atoms with Crippen LogP contribution in [0.15, 0.2) is 0 Å². The number of Topliss-reactive ketones (excluding diaryl/α,β-unsaturated/α-hetero) is 1. The quantitative estimate of drug-likeness (QED) is 0.711. The zero-order valence-electron chi connectivity index (χ0n) is 9.16. The second kappa shape index (κ2) is 4.14. The summed E-state index contributed by atoms with van der Waals surface area (Å²) >= 11 is 0. The average Bonchev–Trinajstić information content (AvgIpc) is 2.40. The van der Waals surface area contributed by atoms with E-state index in [0.29, 0.717) is 0 Å². The van der Waals surface area contributed by atoms with Gasteiger partial charge in [0, 0.05) is 12.3 Å². The molecule has 0 aromatic rings. The Kier molecular flexibility index (Phi) is 3.46. The van der Waals surface area contributed by atoms with Gasteiger partial charge in [-0.15, -0.1) is 0 Å². The number of carbonyl (C=O) groups excluding carboxylic acids is 1. The Morgan fingerprint density at radius 3 is 2.40 bits per heavy atom. The highest BCUT2D eigenvalue weighted by Crippen LogP contribution is 2.43. The maximum absolute atomic E-state index is 11.9. The van der Waals surface area contributed by atoms with Crippen LogP contribution >= 0.6 is 0 Å². The summed E-state index contributed by atoms with van der Waals surface area (Å²) in [7, 11) is 0. The van der Waals surface area contributed by atoms with Gasteiger partial charge < -0.3 is 0 Å². The van der Waals surface area contributed by atoms with Gasteiger partial charge in [0.05, 0.1) is 6.42 Å². The molecule has 1 unspecified atom stereocenters. The topological polar surface area (TPSA) is 17.1 Å². The molecule has 1 nitrogen and oxygen atoms in total. The molecule has 1 rings (SSSR count). The van der Waals surface area contributed by atoms with Crippen LogP contribution in [0, 0.1) is 11.3 Å². The van der Waals surface area contributed by atoms with Crippen molar-refractivity contribution in [3.05, 3.63) is 0 Å². The minimum atomic E-state index is -4.21. The van der Waals surface area contributed by atoms with Crippen molar-refractivity contribution >= 4 is 5.78 Å². The maximum Gasteiger partial charge on any atom is 0.389 e. The monoisotopic (exact) mass is 222 g/mol. The second-order valence-electron chi connectivity index (χ2n) is 5.01. The third kappa shape index (κ3) is 3.50. The fourth-order valence-corrected chi connectivity index (χ4v) is 2.36. The molecule has 1 aliphatic carbocycles. The third-order valence-corrected chi connectivity index (χ3v) is 3.30. The van der Waals surface area contributed by atoms with Crippen LogP contribution in [0.5, 0.6) is 0 Å².